The molecule has 7 heteroatoms. The Morgan fingerprint density at radius 3 is 1.86 bits per heavy atom. The first kappa shape index (κ1) is 28.7. The van der Waals surface area contributed by atoms with Crippen LogP contribution in [0.4, 0.5) is 0 Å². The number of hydrogen-bond donors (Lipinski definition) is 0. The van der Waals surface area contributed by atoms with Crippen molar-refractivity contribution in [1.82, 2.24) is 0 Å². The van der Waals surface area contributed by atoms with Crippen molar-refractivity contribution >= 4 is 19.2 Å². The van der Waals surface area contributed by atoms with Crippen LogP contribution in [0.3, 0.4) is 0 Å². The van der Waals surface area contributed by atoms with Gasteiger partial charge in [0.25, 0.3) is 0 Å². The first-order chi connectivity index (χ1) is 16.6. The van der Waals surface area contributed by atoms with Gasteiger partial charge in [0, 0.05) is 0 Å². The molecule has 0 bridgehead atoms. The smallest absolute Gasteiger partial charge is 1.00 e. The predicted molar refractivity (Wildman–Crippen MR) is 137 cm³/mol. The minimum Gasteiger partial charge on any atom is -1.00 e. The van der Waals surface area contributed by atoms with Gasteiger partial charge in [-0.15, -0.1) is 0 Å². The second-order valence-electron chi connectivity index (χ2n) is 8.81. The number of halogens is 2. The van der Waals surface area contributed by atoms with Crippen LogP contribution in [0.2, 0.25) is 12.1 Å². The Kier molecular flexibility index (Phi) is 9.70. The van der Waals surface area contributed by atoms with Gasteiger partial charge in [0.05, 0.1) is 0 Å². The summed E-state index contributed by atoms with van der Waals surface area (Å²) in [6, 6.07) is 24.3. The summed E-state index contributed by atoms with van der Waals surface area (Å²) in [7, 11) is 2.78. The Hall–Kier alpha value is -1.82. The van der Waals surface area contributed by atoms with Crippen LogP contribution in [0.1, 0.15) is 42.0 Å². The molecule has 185 valence electrons. The Balaban J connectivity index is 0.00000180. The molecule has 3 aromatic rings. The fourth-order valence-electron chi connectivity index (χ4n) is 5.63. The summed E-state index contributed by atoms with van der Waals surface area (Å²) in [5, 5.41) is 1.53. The molecule has 0 N–H and O–H groups in total. The molecule has 0 unspecified atom stereocenters. The van der Waals surface area contributed by atoms with Crippen LogP contribution >= 0.6 is 0 Å². The first-order valence-electron chi connectivity index (χ1n) is 11.9. The summed E-state index contributed by atoms with van der Waals surface area (Å²) < 4.78 is 17.5. The summed E-state index contributed by atoms with van der Waals surface area (Å²) in [5.74, 6) is 2.96. The van der Waals surface area contributed by atoms with Gasteiger partial charge in [-0.2, -0.15) is 0 Å². The van der Waals surface area contributed by atoms with Crippen molar-refractivity contribution in [2.24, 2.45) is 0 Å². The van der Waals surface area contributed by atoms with Crippen LogP contribution in [0.25, 0.3) is 16.7 Å². The summed E-state index contributed by atoms with van der Waals surface area (Å²) in [5.41, 5.74) is 9.04. The molecule has 0 fully saturated rings. The van der Waals surface area contributed by atoms with E-state index in [0.29, 0.717) is 0 Å². The molecular weight excluding hydrogens is 543 g/mol. The molecule has 0 aromatic heterocycles. The van der Waals surface area contributed by atoms with Gasteiger partial charge < -0.3 is 24.8 Å². The third-order valence-corrected chi connectivity index (χ3v) is 10.6. The van der Waals surface area contributed by atoms with Gasteiger partial charge in [-0.25, -0.2) is 0 Å². The van der Waals surface area contributed by atoms with Gasteiger partial charge in [-0.1, -0.05) is 0 Å². The molecular formula is C29H29Cl2O3SiTi. The van der Waals surface area contributed by atoms with E-state index in [1.165, 1.54) is 56.2 Å². The van der Waals surface area contributed by atoms with Crippen molar-refractivity contribution in [1.29, 1.82) is 0 Å². The van der Waals surface area contributed by atoms with Crippen molar-refractivity contribution in [3.63, 3.8) is 0 Å². The molecule has 3 aromatic carbocycles. The van der Waals surface area contributed by atoms with Gasteiger partial charge in [0.2, 0.25) is 0 Å². The van der Waals surface area contributed by atoms with Gasteiger partial charge in [-0.05, 0) is 0 Å². The molecule has 0 saturated carbocycles. The number of ether oxygens (including phenoxy) is 2. The fraction of sp³-hybridized carbons (Fsp3) is 0.276. The summed E-state index contributed by atoms with van der Waals surface area (Å²) >= 11 is 1.85. The molecule has 5 rings (SSSR count). The zero-order valence-corrected chi connectivity index (χ0v) is 25.0. The number of methoxy groups -OCH3 is 2. The van der Waals surface area contributed by atoms with E-state index in [4.69, 9.17) is 12.8 Å². The minimum absolute atomic E-state index is 0. The van der Waals surface area contributed by atoms with Crippen molar-refractivity contribution in [2.75, 3.05) is 14.2 Å². The Bertz CT molecular complexity index is 1280. The average Bonchev–Trinajstić information content (AvgIpc) is 3.20. The first-order valence-corrected chi connectivity index (χ1v) is 14.4. The van der Waals surface area contributed by atoms with Crippen LogP contribution in [0, 0.1) is 0 Å². The molecule has 0 atom stereocenters. The van der Waals surface area contributed by atoms with Crippen LogP contribution < -0.4 is 34.3 Å². The maximum atomic E-state index is 6.31. The largest absolute Gasteiger partial charge is 1.00 e. The van der Waals surface area contributed by atoms with Crippen molar-refractivity contribution in [3.8, 4) is 22.6 Å². The second-order valence-corrected chi connectivity index (χ2v) is 12.4. The van der Waals surface area contributed by atoms with E-state index in [-0.39, 0.29) is 30.7 Å². The number of allylic oxidation sites excluding steroid dienone is 2. The van der Waals surface area contributed by atoms with E-state index < -0.39 is 8.41 Å². The Morgan fingerprint density at radius 2 is 1.36 bits per heavy atom. The number of rotatable bonds is 6. The fourth-order valence-corrected chi connectivity index (χ4v) is 8.46. The minimum atomic E-state index is -0.668. The molecule has 36 heavy (non-hydrogen) atoms. The number of fused-ring (bicyclic) bond motifs is 4. The van der Waals surface area contributed by atoms with Gasteiger partial charge >= 0.3 is 217 Å². The number of benzene rings is 3. The maximum Gasteiger partial charge on any atom is -1.00 e. The maximum absolute atomic E-state index is 6.31. The average molecular weight is 572 g/mol. The second kappa shape index (κ2) is 12.2. The van der Waals surface area contributed by atoms with E-state index in [9.17, 15) is 0 Å². The molecule has 0 aliphatic heterocycles. The van der Waals surface area contributed by atoms with E-state index in [2.05, 4.69) is 74.5 Å². The van der Waals surface area contributed by atoms with Crippen LogP contribution in [-0.2, 0) is 30.6 Å². The molecule has 0 amide bonds. The Labute approximate surface area is 240 Å². The van der Waals surface area contributed by atoms with Crippen LogP contribution in [0.15, 0.2) is 66.4 Å². The zero-order valence-electron chi connectivity index (χ0n) is 21.0. The predicted octanol–water partition coefficient (Wildman–Crippen LogP) is 0.559. The third kappa shape index (κ3) is 4.75. The standard InChI is InChI=1S/C29H30O3Si.2ClH.Ti/c1-5-33(6-2)26-15-18-9-7-8-10-21(18)28(29(26)30)27-22-13-11-19(31-3)16-24(22)25-17-20(32-4)12-14-23(25)27;;;/h7-14,16-17,27,30H,5-6,15H2,1-4H3;2*1H;/q;;;+3/p-3. The monoisotopic (exact) mass is 571 g/mol. The van der Waals surface area contributed by atoms with Crippen molar-refractivity contribution < 1.29 is 58.4 Å². The molecule has 0 spiro atoms. The molecule has 2 aliphatic rings. The van der Waals surface area contributed by atoms with Crippen LogP contribution in [-0.4, -0.2) is 27.8 Å². The molecule has 0 saturated heterocycles. The molecule has 0 heterocycles. The van der Waals surface area contributed by atoms with Gasteiger partial charge in [0.1, 0.15) is 0 Å². The van der Waals surface area contributed by atoms with Crippen molar-refractivity contribution in [3.05, 3.63) is 88.7 Å². The van der Waals surface area contributed by atoms with E-state index in [1.54, 1.807) is 14.2 Å². The molecule has 3 nitrogen and oxygen atoms in total. The van der Waals surface area contributed by atoms with Crippen LogP contribution in [0.5, 0.6) is 11.5 Å². The Morgan fingerprint density at radius 1 is 0.806 bits per heavy atom. The molecule has 2 aliphatic carbocycles. The number of hydrogen-bond acceptors (Lipinski definition) is 3. The van der Waals surface area contributed by atoms with Gasteiger partial charge in [0.15, 0.2) is 0 Å². The normalized spacial score (nSPS) is 13.7. The van der Waals surface area contributed by atoms with E-state index in [0.717, 1.165) is 23.7 Å². The zero-order chi connectivity index (χ0) is 23.8. The SMILES string of the molecule is CC[Si](CC)=C1Cc2ccccc2C(C2c3ccc(OC)cc3-c3cc(OC)ccc32)=C1[O][Ti+2].[Cl-].[Cl-]. The topological polar surface area (TPSA) is 27.7 Å². The van der Waals surface area contributed by atoms with Crippen molar-refractivity contribution in [2.45, 2.75) is 38.3 Å². The molecule has 0 radical (unpaired) electrons. The third-order valence-electron chi connectivity index (χ3n) is 7.30. The van der Waals surface area contributed by atoms with E-state index >= 15 is 0 Å². The summed E-state index contributed by atoms with van der Waals surface area (Å²) in [6.07, 6.45) is 0.997. The summed E-state index contributed by atoms with van der Waals surface area (Å²) in [6.45, 7) is 4.66. The quantitative estimate of drug-likeness (QED) is 0.405. The summed E-state index contributed by atoms with van der Waals surface area (Å²) in [4.78, 5) is 0. The van der Waals surface area contributed by atoms with E-state index in [1.807, 2.05) is 20.8 Å². The van der Waals surface area contributed by atoms with Gasteiger partial charge in [-0.3, -0.25) is 0 Å².